The Hall–Kier alpha value is -4.46. The van der Waals surface area contributed by atoms with Crippen LogP contribution in [-0.2, 0) is 4.79 Å². The van der Waals surface area contributed by atoms with E-state index < -0.39 is 17.9 Å². The van der Waals surface area contributed by atoms with E-state index in [4.69, 9.17) is 10.8 Å². The van der Waals surface area contributed by atoms with Gasteiger partial charge in [-0.05, 0) is 61.9 Å². The number of carbonyl (C=O) groups excluding carboxylic acids is 2. The van der Waals surface area contributed by atoms with Crippen LogP contribution in [0.15, 0.2) is 78.9 Å². The van der Waals surface area contributed by atoms with Gasteiger partial charge in [-0.1, -0.05) is 36.4 Å². The Balaban J connectivity index is 1.68. The second-order valence-electron chi connectivity index (χ2n) is 8.76. The van der Waals surface area contributed by atoms with Crippen molar-refractivity contribution in [1.29, 1.82) is 0 Å². The first kappa shape index (κ1) is 23.3. The Bertz CT molecular complexity index is 1430. The number of anilines is 2. The number of nitrogens with one attached hydrogen (secondary N) is 1. The number of carbonyl (C=O) groups is 2. The zero-order valence-electron chi connectivity index (χ0n) is 20.0. The Kier molecular flexibility index (Phi) is 6.01. The fourth-order valence-electron chi connectivity index (χ4n) is 4.87. The molecule has 0 radical (unpaired) electrons. The number of hydrogen-bond acceptors (Lipinski definition) is 4. The van der Waals surface area contributed by atoms with Crippen LogP contribution >= 0.6 is 0 Å². The Labute approximate surface area is 208 Å². The molecule has 0 unspecified atom stereocenters. The van der Waals surface area contributed by atoms with Crippen LogP contribution < -0.4 is 16.0 Å². The zero-order chi connectivity index (χ0) is 25.4. The minimum atomic E-state index is -0.927. The molecular weight excluding hydrogens is 457 g/mol. The summed E-state index contributed by atoms with van der Waals surface area (Å²) in [6.45, 7) is 4.15. The number of likely N-dealkylation sites (N-methyl/N-ethyl adjacent to an activating group) is 1. The molecule has 1 aliphatic rings. The number of amides is 2. The summed E-state index contributed by atoms with van der Waals surface area (Å²) in [6, 6.07) is 21.3. The summed E-state index contributed by atoms with van der Waals surface area (Å²) in [4.78, 5) is 28.9. The Morgan fingerprint density at radius 1 is 1.06 bits per heavy atom. The lowest BCUT2D eigenvalue weighted by Crippen LogP contribution is -2.55. The lowest BCUT2D eigenvalue weighted by atomic mass is 9.81. The summed E-state index contributed by atoms with van der Waals surface area (Å²) in [7, 11) is 0. The molecule has 182 valence electrons. The van der Waals surface area contributed by atoms with Gasteiger partial charge in [0.05, 0.1) is 11.4 Å². The van der Waals surface area contributed by atoms with Crippen LogP contribution in [0.5, 0.6) is 0 Å². The molecule has 0 aliphatic carbocycles. The van der Waals surface area contributed by atoms with Gasteiger partial charge in [0.2, 0.25) is 0 Å². The van der Waals surface area contributed by atoms with Crippen LogP contribution in [0.3, 0.4) is 0 Å². The van der Waals surface area contributed by atoms with Gasteiger partial charge < -0.3 is 11.1 Å². The van der Waals surface area contributed by atoms with Gasteiger partial charge in [-0.15, -0.1) is 0 Å². The molecule has 4 aromatic rings. The van der Waals surface area contributed by atoms with Crippen LogP contribution in [0.25, 0.3) is 5.69 Å². The highest BCUT2D eigenvalue weighted by Crippen LogP contribution is 2.43. The predicted octanol–water partition coefficient (Wildman–Crippen LogP) is 4.20. The number of nitrogens with zero attached hydrogens (tertiary/aromatic N) is 3. The van der Waals surface area contributed by atoms with Gasteiger partial charge in [-0.3, -0.25) is 14.5 Å². The third kappa shape index (κ3) is 4.00. The van der Waals surface area contributed by atoms with Crippen LogP contribution in [0.4, 0.5) is 15.9 Å². The highest BCUT2D eigenvalue weighted by Gasteiger charge is 2.45. The standard InChI is InChI=1S/C28H26FN5O2/c1-3-33-27-23(17(2)32-34(27)22-10-5-4-6-11-22)24(18-12-14-20(29)15-13-18)25(28(33)36)31-26(35)19-8-7-9-21(30)16-19/h4-16,24-25H,3,30H2,1-2H3,(H,31,35)/t24-,25-/m0/s1. The van der Waals surface area contributed by atoms with Gasteiger partial charge in [-0.25, -0.2) is 9.07 Å². The minimum absolute atomic E-state index is 0.270. The zero-order valence-corrected chi connectivity index (χ0v) is 20.0. The van der Waals surface area contributed by atoms with Crippen molar-refractivity contribution in [2.24, 2.45) is 0 Å². The van der Waals surface area contributed by atoms with E-state index >= 15 is 0 Å². The molecule has 0 bridgehead atoms. The first-order chi connectivity index (χ1) is 17.4. The molecule has 2 atom stereocenters. The topological polar surface area (TPSA) is 93.2 Å². The Morgan fingerprint density at radius 3 is 2.44 bits per heavy atom. The average molecular weight is 484 g/mol. The number of hydrogen-bond donors (Lipinski definition) is 2. The number of rotatable bonds is 5. The number of nitrogens with two attached hydrogens (primary N) is 1. The second-order valence-corrected chi connectivity index (χ2v) is 8.76. The van der Waals surface area contributed by atoms with Gasteiger partial charge in [0.25, 0.3) is 11.8 Å². The van der Waals surface area contributed by atoms with E-state index in [0.717, 1.165) is 16.9 Å². The van der Waals surface area contributed by atoms with Crippen LogP contribution in [0, 0.1) is 12.7 Å². The molecule has 1 aliphatic heterocycles. The van der Waals surface area contributed by atoms with Crippen molar-refractivity contribution in [2.45, 2.75) is 25.8 Å². The van der Waals surface area contributed by atoms with Crippen molar-refractivity contribution in [3.63, 3.8) is 0 Å². The maximum Gasteiger partial charge on any atom is 0.252 e. The van der Waals surface area contributed by atoms with Gasteiger partial charge in [-0.2, -0.15) is 5.10 Å². The van der Waals surface area contributed by atoms with Crippen molar-refractivity contribution in [2.75, 3.05) is 17.2 Å². The van der Waals surface area contributed by atoms with Gasteiger partial charge in [0.15, 0.2) is 0 Å². The molecule has 3 N–H and O–H groups in total. The minimum Gasteiger partial charge on any atom is -0.399 e. The highest BCUT2D eigenvalue weighted by molar-refractivity contribution is 6.05. The SMILES string of the molecule is CCN1C(=O)[C@@H](NC(=O)c2cccc(N)c2)[C@@H](c2ccc(F)cc2)c2c(C)nn(-c3ccccc3)c21. The van der Waals surface area contributed by atoms with Gasteiger partial charge >= 0.3 is 0 Å². The molecule has 2 heterocycles. The fraction of sp³-hybridized carbons (Fsp3) is 0.179. The van der Waals surface area contributed by atoms with E-state index in [-0.39, 0.29) is 11.7 Å². The predicted molar refractivity (Wildman–Crippen MR) is 137 cm³/mol. The third-order valence-electron chi connectivity index (χ3n) is 6.49. The molecule has 8 heteroatoms. The molecule has 7 nitrogen and oxygen atoms in total. The molecule has 0 saturated carbocycles. The van der Waals surface area contributed by atoms with Gasteiger partial charge in [0, 0.05) is 29.3 Å². The molecule has 36 heavy (non-hydrogen) atoms. The quantitative estimate of drug-likeness (QED) is 0.416. The number of nitrogen functional groups attached to an aromatic ring is 1. The first-order valence-electron chi connectivity index (χ1n) is 11.8. The van der Waals surface area contributed by atoms with Crippen molar-refractivity contribution in [3.05, 3.63) is 107 Å². The number of aromatic nitrogens is 2. The molecule has 0 saturated heterocycles. The Morgan fingerprint density at radius 2 is 1.78 bits per heavy atom. The summed E-state index contributed by atoms with van der Waals surface area (Å²) >= 11 is 0. The molecule has 5 rings (SSSR count). The molecule has 1 aromatic heterocycles. The average Bonchev–Trinajstić information content (AvgIpc) is 3.22. The maximum atomic E-state index is 14.0. The molecule has 3 aromatic carbocycles. The highest BCUT2D eigenvalue weighted by atomic mass is 19.1. The number of aryl methyl sites for hydroxylation is 1. The van der Waals surface area contributed by atoms with E-state index in [1.54, 1.807) is 46.0 Å². The molecule has 0 spiro atoms. The van der Waals surface area contributed by atoms with Gasteiger partial charge in [0.1, 0.15) is 17.7 Å². The molecule has 2 amide bonds. The smallest absolute Gasteiger partial charge is 0.252 e. The number of fused-ring (bicyclic) bond motifs is 1. The van der Waals surface area contributed by atoms with E-state index in [0.29, 0.717) is 29.2 Å². The van der Waals surface area contributed by atoms with Crippen molar-refractivity contribution < 1.29 is 14.0 Å². The maximum absolute atomic E-state index is 14.0. The van der Waals surface area contributed by atoms with Crippen LogP contribution in [0.2, 0.25) is 0 Å². The first-order valence-corrected chi connectivity index (χ1v) is 11.8. The van der Waals surface area contributed by atoms with E-state index in [1.165, 1.54) is 12.1 Å². The lowest BCUT2D eigenvalue weighted by Gasteiger charge is -2.38. The number of benzene rings is 3. The van der Waals surface area contributed by atoms with Crippen LogP contribution in [-0.4, -0.2) is 34.2 Å². The van der Waals surface area contributed by atoms with E-state index in [1.807, 2.05) is 44.2 Å². The van der Waals surface area contributed by atoms with E-state index in [9.17, 15) is 14.0 Å². The largest absolute Gasteiger partial charge is 0.399 e. The van der Waals surface area contributed by atoms with Crippen molar-refractivity contribution in [1.82, 2.24) is 15.1 Å². The van der Waals surface area contributed by atoms with Crippen molar-refractivity contribution >= 4 is 23.3 Å². The summed E-state index contributed by atoms with van der Waals surface area (Å²) in [5, 5.41) is 7.73. The van der Waals surface area contributed by atoms with E-state index in [2.05, 4.69) is 5.32 Å². The summed E-state index contributed by atoms with van der Waals surface area (Å²) in [5.74, 6) is -0.990. The van der Waals surface area contributed by atoms with Crippen molar-refractivity contribution in [3.8, 4) is 5.69 Å². The molecule has 0 fully saturated rings. The monoisotopic (exact) mass is 483 g/mol. The number of halogens is 1. The number of para-hydroxylation sites is 1. The second kappa shape index (κ2) is 9.30. The molecular formula is C28H26FN5O2. The summed E-state index contributed by atoms with van der Waals surface area (Å²) in [6.07, 6.45) is 0. The summed E-state index contributed by atoms with van der Waals surface area (Å²) in [5.41, 5.74) is 9.72. The fourth-order valence-corrected chi connectivity index (χ4v) is 4.87. The third-order valence-corrected chi connectivity index (χ3v) is 6.49. The summed E-state index contributed by atoms with van der Waals surface area (Å²) < 4.78 is 15.6. The normalized spacial score (nSPS) is 17.1. The van der Waals surface area contributed by atoms with Crippen LogP contribution in [0.1, 0.15) is 40.0 Å². The lowest BCUT2D eigenvalue weighted by molar-refractivity contribution is -0.121.